The molecule has 0 aromatic heterocycles. The summed E-state index contributed by atoms with van der Waals surface area (Å²) in [5, 5.41) is 0. The summed E-state index contributed by atoms with van der Waals surface area (Å²) in [6.45, 7) is -4.00. The van der Waals surface area contributed by atoms with E-state index in [-0.39, 0.29) is 0 Å². The summed E-state index contributed by atoms with van der Waals surface area (Å²) < 4.78 is 10.6. The number of rotatable bonds is 1. The summed E-state index contributed by atoms with van der Waals surface area (Å²) in [4.78, 5) is 19.2. The van der Waals surface area contributed by atoms with Gasteiger partial charge >= 0.3 is 6.80 Å². The van der Waals surface area contributed by atoms with Gasteiger partial charge in [-0.05, 0) is 12.8 Å². The second kappa shape index (κ2) is 3.50. The van der Waals surface area contributed by atoms with E-state index in [1.807, 2.05) is 0 Å². The van der Waals surface area contributed by atoms with E-state index in [4.69, 9.17) is 4.89 Å². The van der Waals surface area contributed by atoms with Crippen LogP contribution < -0.4 is 4.89 Å². The van der Waals surface area contributed by atoms with Crippen molar-refractivity contribution in [2.75, 3.05) is 11.5 Å². The van der Waals surface area contributed by atoms with Crippen LogP contribution >= 0.6 is 17.6 Å². The van der Waals surface area contributed by atoms with Crippen LogP contribution in [0.3, 0.4) is 0 Å². The van der Waals surface area contributed by atoms with Gasteiger partial charge in [0.25, 0.3) is 0 Å². The first-order valence-corrected chi connectivity index (χ1v) is 8.07. The van der Waals surface area contributed by atoms with Crippen molar-refractivity contribution in [3.63, 3.8) is 0 Å². The number of hydrogen-bond donors (Lipinski definition) is 1. The molecule has 1 saturated heterocycles. The zero-order chi connectivity index (χ0) is 7.61. The Hall–Kier alpha value is 0.850. The van der Waals surface area contributed by atoms with E-state index in [9.17, 15) is 9.46 Å². The third-order valence-corrected chi connectivity index (χ3v) is 9.62. The van der Waals surface area contributed by atoms with Gasteiger partial charge in [-0.1, -0.05) is 0 Å². The van der Waals surface area contributed by atoms with E-state index in [0.29, 0.717) is 5.75 Å². The smallest absolute Gasteiger partial charge is 0.351 e. The van der Waals surface area contributed by atoms with Crippen molar-refractivity contribution in [1.82, 2.24) is 0 Å². The first-order valence-electron chi connectivity index (χ1n) is 2.99. The first kappa shape index (κ1) is 8.94. The lowest BCUT2D eigenvalue weighted by molar-refractivity contribution is -0.185. The highest BCUT2D eigenvalue weighted by Crippen LogP contribution is 2.50. The van der Waals surface area contributed by atoms with Crippen LogP contribution in [-0.2, 0) is 14.1 Å². The summed E-state index contributed by atoms with van der Waals surface area (Å²) in [7, 11) is 0.583. The highest BCUT2D eigenvalue weighted by atomic mass is 33.4. The lowest BCUT2D eigenvalue weighted by Crippen LogP contribution is -2.16. The van der Waals surface area contributed by atoms with Crippen molar-refractivity contribution in [1.29, 1.82) is 0 Å². The SMILES string of the molecule is O=P([O-])(O)[S+]1CCCCS1. The van der Waals surface area contributed by atoms with Gasteiger partial charge in [0, 0.05) is 5.75 Å². The Morgan fingerprint density at radius 1 is 1.60 bits per heavy atom. The van der Waals surface area contributed by atoms with Crippen LogP contribution in [0.15, 0.2) is 0 Å². The molecule has 1 N–H and O–H groups in total. The van der Waals surface area contributed by atoms with Gasteiger partial charge in [0.1, 0.15) is 15.3 Å². The molecule has 6 heteroatoms. The molecule has 0 saturated carbocycles. The molecule has 0 aromatic rings. The Bertz CT molecular complexity index is 151. The fraction of sp³-hybridized carbons (Fsp3) is 1.00. The molecule has 3 nitrogen and oxygen atoms in total. The minimum atomic E-state index is -4.00. The van der Waals surface area contributed by atoms with Crippen LogP contribution in [0.1, 0.15) is 12.8 Å². The fourth-order valence-electron chi connectivity index (χ4n) is 0.724. The van der Waals surface area contributed by atoms with Gasteiger partial charge in [0.2, 0.25) is 0 Å². The minimum absolute atomic E-state index is 0.641. The predicted octanol–water partition coefficient (Wildman–Crippen LogP) is 0.507. The molecular formula is C4H9O3PS2. The Balaban J connectivity index is 2.47. The molecular weight excluding hydrogens is 191 g/mol. The van der Waals surface area contributed by atoms with Crippen molar-refractivity contribution < 1.29 is 14.4 Å². The third-order valence-electron chi connectivity index (χ3n) is 1.19. The van der Waals surface area contributed by atoms with E-state index in [1.165, 1.54) is 10.8 Å². The first-order chi connectivity index (χ1) is 4.61. The van der Waals surface area contributed by atoms with Gasteiger partial charge in [-0.2, -0.15) is 0 Å². The third kappa shape index (κ3) is 2.47. The molecule has 2 unspecified atom stereocenters. The fourth-order valence-corrected chi connectivity index (χ4v) is 7.16. The van der Waals surface area contributed by atoms with Crippen molar-refractivity contribution in [3.05, 3.63) is 0 Å². The average molecular weight is 200 g/mol. The quantitative estimate of drug-likeness (QED) is 0.380. The average Bonchev–Trinajstić information content (AvgIpc) is 1.88. The monoisotopic (exact) mass is 200 g/mol. The van der Waals surface area contributed by atoms with Crippen LogP contribution in [-0.4, -0.2) is 16.4 Å². The van der Waals surface area contributed by atoms with Crippen molar-refractivity contribution in [2.45, 2.75) is 12.8 Å². The molecule has 0 spiro atoms. The van der Waals surface area contributed by atoms with Crippen LogP contribution in [0.5, 0.6) is 0 Å². The van der Waals surface area contributed by atoms with E-state index in [0.717, 1.165) is 18.6 Å². The van der Waals surface area contributed by atoms with Crippen LogP contribution in [0.25, 0.3) is 0 Å². The predicted molar refractivity (Wildman–Crippen MR) is 43.7 cm³/mol. The zero-order valence-corrected chi connectivity index (χ0v) is 7.88. The van der Waals surface area contributed by atoms with Gasteiger partial charge in [-0.3, -0.25) is 0 Å². The minimum Gasteiger partial charge on any atom is -0.736 e. The van der Waals surface area contributed by atoms with E-state index in [1.54, 1.807) is 0 Å². The molecule has 0 amide bonds. The molecule has 0 radical (unpaired) electrons. The normalized spacial score (nSPS) is 33.2. The van der Waals surface area contributed by atoms with Gasteiger partial charge in [0.05, 0.1) is 10.8 Å². The molecule has 1 aliphatic heterocycles. The van der Waals surface area contributed by atoms with Crippen LogP contribution in [0, 0.1) is 0 Å². The maximum atomic E-state index is 10.6. The standard InChI is InChI=1S/C4H9O3PS2/c5-8(6,7)10-4-2-1-3-9-10/h1-4H2,(H-,5,6,7). The molecule has 1 rings (SSSR count). The zero-order valence-electron chi connectivity index (χ0n) is 5.36. The largest absolute Gasteiger partial charge is 0.736 e. The Morgan fingerprint density at radius 3 is 2.60 bits per heavy atom. The van der Waals surface area contributed by atoms with Crippen molar-refractivity contribution in [3.8, 4) is 0 Å². The molecule has 1 aliphatic rings. The Kier molecular flexibility index (Phi) is 3.13. The Labute approximate surface area is 66.2 Å². The molecule has 10 heavy (non-hydrogen) atoms. The van der Waals surface area contributed by atoms with Gasteiger partial charge in [-0.25, -0.2) is 4.57 Å². The molecule has 1 fully saturated rings. The Morgan fingerprint density at radius 2 is 2.30 bits per heavy atom. The highest BCUT2D eigenvalue weighted by Gasteiger charge is 2.34. The second-order valence-corrected chi connectivity index (χ2v) is 10.0. The summed E-state index contributed by atoms with van der Waals surface area (Å²) in [6, 6.07) is 0. The lowest BCUT2D eigenvalue weighted by Gasteiger charge is -2.18. The molecule has 0 bridgehead atoms. The van der Waals surface area contributed by atoms with E-state index in [2.05, 4.69) is 0 Å². The molecule has 1 heterocycles. The van der Waals surface area contributed by atoms with E-state index >= 15 is 0 Å². The lowest BCUT2D eigenvalue weighted by atomic mass is 10.4. The number of hydrogen-bond acceptors (Lipinski definition) is 3. The topological polar surface area (TPSA) is 60.4 Å². The van der Waals surface area contributed by atoms with Gasteiger partial charge < -0.3 is 9.79 Å². The maximum Gasteiger partial charge on any atom is 0.351 e. The summed E-state index contributed by atoms with van der Waals surface area (Å²) in [6.07, 6.45) is 2.01. The summed E-state index contributed by atoms with van der Waals surface area (Å²) in [5.74, 6) is 1.51. The maximum absolute atomic E-state index is 10.6. The van der Waals surface area contributed by atoms with E-state index < -0.39 is 16.3 Å². The van der Waals surface area contributed by atoms with Crippen LogP contribution in [0.2, 0.25) is 0 Å². The molecule has 60 valence electrons. The molecule has 0 aromatic carbocycles. The summed E-state index contributed by atoms with van der Waals surface area (Å²) >= 11 is 0. The van der Waals surface area contributed by atoms with Crippen molar-refractivity contribution in [2.24, 2.45) is 0 Å². The van der Waals surface area contributed by atoms with Gasteiger partial charge in [0.15, 0.2) is 0 Å². The van der Waals surface area contributed by atoms with Crippen molar-refractivity contribution >= 4 is 27.1 Å². The molecule has 0 aliphatic carbocycles. The van der Waals surface area contributed by atoms with Crippen LogP contribution in [0.4, 0.5) is 0 Å². The second-order valence-electron chi connectivity index (χ2n) is 2.02. The summed E-state index contributed by atoms with van der Waals surface area (Å²) in [5.41, 5.74) is 0. The highest BCUT2D eigenvalue weighted by molar-refractivity contribution is 8.95. The van der Waals surface area contributed by atoms with Gasteiger partial charge in [-0.15, -0.1) is 0 Å². The molecule has 2 atom stereocenters.